The smallest absolute Gasteiger partial charge is 0.297 e. The highest BCUT2D eigenvalue weighted by molar-refractivity contribution is 5.80. The molecule has 0 unspecified atom stereocenters. The van der Waals surface area contributed by atoms with Gasteiger partial charge in [-0.2, -0.15) is 0 Å². The number of methoxy groups -OCH3 is 1. The molecule has 1 N–H and O–H groups in total. The van der Waals surface area contributed by atoms with E-state index in [9.17, 15) is 9.59 Å². The normalized spacial score (nSPS) is 11.0. The van der Waals surface area contributed by atoms with E-state index in [4.69, 9.17) is 4.74 Å². The van der Waals surface area contributed by atoms with Gasteiger partial charge in [-0.15, -0.1) is 10.2 Å². The quantitative estimate of drug-likeness (QED) is 0.561. The van der Waals surface area contributed by atoms with E-state index in [0.717, 1.165) is 5.56 Å². The van der Waals surface area contributed by atoms with E-state index in [-0.39, 0.29) is 18.1 Å². The van der Waals surface area contributed by atoms with Gasteiger partial charge in [-0.25, -0.2) is 4.98 Å². The number of hydrogen-bond donors (Lipinski definition) is 1. The van der Waals surface area contributed by atoms with Gasteiger partial charge < -0.3 is 10.1 Å². The molecular weight excluding hydrogens is 348 g/mol. The molecule has 9 nitrogen and oxygen atoms in total. The molecular formula is C18H16N6O3. The molecule has 9 heteroatoms. The summed E-state index contributed by atoms with van der Waals surface area (Å²) >= 11 is 0. The molecule has 0 spiro atoms. The van der Waals surface area contributed by atoms with Crippen LogP contribution in [0.3, 0.4) is 0 Å². The van der Waals surface area contributed by atoms with E-state index in [1.54, 1.807) is 25.4 Å². The van der Waals surface area contributed by atoms with Crippen LogP contribution >= 0.6 is 0 Å². The molecule has 1 amide bonds. The van der Waals surface area contributed by atoms with Crippen molar-refractivity contribution in [2.24, 2.45) is 0 Å². The van der Waals surface area contributed by atoms with Gasteiger partial charge in [0.05, 0.1) is 12.6 Å². The first kappa shape index (κ1) is 16.7. The van der Waals surface area contributed by atoms with Gasteiger partial charge in [0.1, 0.15) is 18.6 Å². The lowest BCUT2D eigenvalue weighted by Gasteiger charge is -2.11. The van der Waals surface area contributed by atoms with Gasteiger partial charge in [-0.1, -0.05) is 12.1 Å². The maximum Gasteiger partial charge on any atom is 0.297 e. The fraction of sp³-hybridized carbons (Fsp3) is 0.167. The highest BCUT2D eigenvalue weighted by Crippen LogP contribution is 2.13. The van der Waals surface area contributed by atoms with Crippen molar-refractivity contribution in [3.05, 3.63) is 64.8 Å². The second-order valence-electron chi connectivity index (χ2n) is 5.89. The number of benzene rings is 1. The van der Waals surface area contributed by atoms with Gasteiger partial charge in [0.2, 0.25) is 11.6 Å². The predicted octanol–water partition coefficient (Wildman–Crippen LogP) is 0.764. The molecule has 3 aromatic heterocycles. The van der Waals surface area contributed by atoms with E-state index < -0.39 is 5.56 Å². The molecule has 0 fully saturated rings. The number of ether oxygens (including phenoxy) is 1. The lowest BCUT2D eigenvalue weighted by molar-refractivity contribution is -0.121. The Morgan fingerprint density at radius 1 is 1.22 bits per heavy atom. The van der Waals surface area contributed by atoms with Crippen LogP contribution in [0.2, 0.25) is 0 Å². The summed E-state index contributed by atoms with van der Waals surface area (Å²) in [5.41, 5.74) is 1.67. The minimum Gasteiger partial charge on any atom is -0.497 e. The van der Waals surface area contributed by atoms with Gasteiger partial charge >= 0.3 is 0 Å². The van der Waals surface area contributed by atoms with E-state index in [1.165, 1.54) is 15.3 Å². The van der Waals surface area contributed by atoms with Gasteiger partial charge in [-0.05, 0) is 29.8 Å². The van der Waals surface area contributed by atoms with Crippen molar-refractivity contribution in [2.45, 2.75) is 13.1 Å². The average Bonchev–Trinajstić information content (AvgIpc) is 3.20. The van der Waals surface area contributed by atoms with Gasteiger partial charge in [0.25, 0.3) is 5.56 Å². The lowest BCUT2D eigenvalue weighted by atomic mass is 10.2. The third-order valence-corrected chi connectivity index (χ3v) is 4.19. The summed E-state index contributed by atoms with van der Waals surface area (Å²) in [6.45, 7) is 0.183. The minimum atomic E-state index is -0.399. The Labute approximate surface area is 153 Å². The van der Waals surface area contributed by atoms with Crippen LogP contribution in [0.1, 0.15) is 5.56 Å². The van der Waals surface area contributed by atoms with Crippen LogP contribution < -0.4 is 15.6 Å². The van der Waals surface area contributed by atoms with Crippen LogP contribution in [-0.4, -0.2) is 37.2 Å². The molecule has 4 rings (SSSR count). The van der Waals surface area contributed by atoms with Gasteiger partial charge in [0.15, 0.2) is 5.65 Å². The van der Waals surface area contributed by atoms with Crippen molar-refractivity contribution in [1.82, 2.24) is 29.5 Å². The van der Waals surface area contributed by atoms with Gasteiger partial charge in [-0.3, -0.25) is 18.6 Å². The number of amides is 1. The number of carbonyl (C=O) groups excluding carboxylic acids is 1. The molecule has 3 heterocycles. The number of carbonyl (C=O) groups is 1. The number of nitrogens with zero attached hydrogens (tertiary/aromatic N) is 5. The molecule has 0 saturated heterocycles. The second-order valence-corrected chi connectivity index (χ2v) is 5.89. The summed E-state index contributed by atoms with van der Waals surface area (Å²) in [4.78, 5) is 29.4. The lowest BCUT2D eigenvalue weighted by Crippen LogP contribution is -2.33. The maximum absolute atomic E-state index is 12.7. The van der Waals surface area contributed by atoms with Crippen molar-refractivity contribution in [3.63, 3.8) is 0 Å². The Bertz CT molecular complexity index is 1200. The first-order chi connectivity index (χ1) is 13.2. The number of pyridine rings is 1. The topological polar surface area (TPSA) is 103 Å². The van der Waals surface area contributed by atoms with E-state index >= 15 is 0 Å². The van der Waals surface area contributed by atoms with Crippen molar-refractivity contribution in [2.75, 3.05) is 7.11 Å². The second kappa shape index (κ2) is 6.87. The van der Waals surface area contributed by atoms with Crippen molar-refractivity contribution in [3.8, 4) is 5.75 Å². The third kappa shape index (κ3) is 3.10. The summed E-state index contributed by atoms with van der Waals surface area (Å²) in [5.74, 6) is 0.418. The molecule has 0 atom stereocenters. The number of rotatable bonds is 5. The Morgan fingerprint density at radius 3 is 2.96 bits per heavy atom. The molecule has 0 aliphatic heterocycles. The monoisotopic (exact) mass is 364 g/mol. The summed E-state index contributed by atoms with van der Waals surface area (Å²) < 4.78 is 8.04. The zero-order chi connectivity index (χ0) is 18.8. The molecule has 0 radical (unpaired) electrons. The number of nitrogens with one attached hydrogen (secondary N) is 1. The van der Waals surface area contributed by atoms with Crippen LogP contribution in [0.5, 0.6) is 5.75 Å². The van der Waals surface area contributed by atoms with E-state index in [1.807, 2.05) is 24.3 Å². The number of aromatic nitrogens is 5. The molecule has 136 valence electrons. The Hall–Kier alpha value is -3.75. The molecule has 1 aromatic carbocycles. The average molecular weight is 364 g/mol. The molecule has 27 heavy (non-hydrogen) atoms. The minimum absolute atomic E-state index is 0.127. The largest absolute Gasteiger partial charge is 0.497 e. The predicted molar refractivity (Wildman–Crippen MR) is 97.4 cm³/mol. The van der Waals surface area contributed by atoms with Crippen LogP contribution in [0.4, 0.5) is 0 Å². The summed E-state index contributed by atoms with van der Waals surface area (Å²) in [7, 11) is 1.59. The standard InChI is InChI=1S/C18H16N6O3/c1-27-13-5-2-4-12(8-13)9-20-15(25)10-23-14-6-3-7-19-16(14)24-11-21-22-17(24)18(23)26/h2-8,11H,9-10H2,1H3,(H,20,25). The Kier molecular flexibility index (Phi) is 4.25. The van der Waals surface area contributed by atoms with Crippen molar-refractivity contribution in [1.29, 1.82) is 0 Å². The Morgan fingerprint density at radius 2 is 2.11 bits per heavy atom. The molecule has 0 aliphatic carbocycles. The fourth-order valence-corrected chi connectivity index (χ4v) is 2.89. The highest BCUT2D eigenvalue weighted by atomic mass is 16.5. The van der Waals surface area contributed by atoms with Crippen molar-refractivity contribution >= 4 is 22.7 Å². The summed E-state index contributed by atoms with van der Waals surface area (Å²) in [5, 5.41) is 10.4. The van der Waals surface area contributed by atoms with Crippen molar-refractivity contribution < 1.29 is 9.53 Å². The molecule has 0 aliphatic rings. The summed E-state index contributed by atoms with van der Waals surface area (Å²) in [6.07, 6.45) is 3.04. The highest BCUT2D eigenvalue weighted by Gasteiger charge is 2.15. The molecule has 4 aromatic rings. The number of fused-ring (bicyclic) bond motifs is 3. The molecule has 0 saturated carbocycles. The Balaban J connectivity index is 1.61. The third-order valence-electron chi connectivity index (χ3n) is 4.19. The van der Waals surface area contributed by atoms with Crippen LogP contribution in [0.25, 0.3) is 16.8 Å². The maximum atomic E-state index is 12.7. The SMILES string of the molecule is COc1cccc(CNC(=O)Cn2c(=O)c3nncn3c3ncccc32)c1. The van der Waals surface area contributed by atoms with E-state index in [2.05, 4.69) is 20.5 Å². The number of hydrogen-bond acceptors (Lipinski definition) is 6. The zero-order valence-electron chi connectivity index (χ0n) is 14.5. The van der Waals surface area contributed by atoms with Crippen LogP contribution in [-0.2, 0) is 17.9 Å². The van der Waals surface area contributed by atoms with E-state index in [0.29, 0.717) is 23.5 Å². The van der Waals surface area contributed by atoms with Crippen LogP contribution in [0.15, 0.2) is 53.7 Å². The first-order valence-corrected chi connectivity index (χ1v) is 8.24. The summed E-state index contributed by atoms with van der Waals surface area (Å²) in [6, 6.07) is 10.9. The fourth-order valence-electron chi connectivity index (χ4n) is 2.89. The zero-order valence-corrected chi connectivity index (χ0v) is 14.5. The first-order valence-electron chi connectivity index (χ1n) is 8.24. The van der Waals surface area contributed by atoms with Crippen LogP contribution in [0, 0.1) is 0 Å². The molecule has 0 bridgehead atoms. The van der Waals surface area contributed by atoms with Gasteiger partial charge in [0, 0.05) is 12.7 Å².